The molecular formula is C14H19N3O. The molecule has 0 fully saturated rings. The molecule has 0 saturated heterocycles. The van der Waals surface area contributed by atoms with Crippen molar-refractivity contribution in [2.24, 2.45) is 11.7 Å². The monoisotopic (exact) mass is 245 g/mol. The van der Waals surface area contributed by atoms with Gasteiger partial charge in [-0.3, -0.25) is 4.79 Å². The van der Waals surface area contributed by atoms with Crippen molar-refractivity contribution in [3.63, 3.8) is 0 Å². The van der Waals surface area contributed by atoms with Crippen LogP contribution in [0.4, 0.5) is 5.69 Å². The van der Waals surface area contributed by atoms with Crippen LogP contribution in [0.3, 0.4) is 0 Å². The van der Waals surface area contributed by atoms with Gasteiger partial charge in [0.15, 0.2) is 0 Å². The van der Waals surface area contributed by atoms with Crippen molar-refractivity contribution in [3.8, 4) is 6.07 Å². The minimum atomic E-state index is -0.535. The van der Waals surface area contributed by atoms with Crippen molar-refractivity contribution in [1.82, 2.24) is 0 Å². The highest BCUT2D eigenvalue weighted by molar-refractivity contribution is 5.97. The molecule has 0 radical (unpaired) electrons. The summed E-state index contributed by atoms with van der Waals surface area (Å²) < 4.78 is 0. The fourth-order valence-corrected chi connectivity index (χ4v) is 1.70. The van der Waals surface area contributed by atoms with E-state index in [2.05, 4.69) is 6.07 Å². The average molecular weight is 245 g/mol. The number of anilines is 1. The van der Waals surface area contributed by atoms with E-state index < -0.39 is 6.04 Å². The number of amides is 1. The van der Waals surface area contributed by atoms with E-state index in [-0.39, 0.29) is 11.8 Å². The molecule has 1 aromatic rings. The van der Waals surface area contributed by atoms with Crippen molar-refractivity contribution in [3.05, 3.63) is 29.8 Å². The van der Waals surface area contributed by atoms with Crippen LogP contribution >= 0.6 is 0 Å². The molecule has 2 N–H and O–H groups in total. The highest BCUT2D eigenvalue weighted by atomic mass is 16.2. The number of benzene rings is 1. The maximum atomic E-state index is 12.2. The fourth-order valence-electron chi connectivity index (χ4n) is 1.70. The molecule has 0 bridgehead atoms. The van der Waals surface area contributed by atoms with E-state index in [1.807, 2.05) is 13.8 Å². The maximum absolute atomic E-state index is 12.2. The summed E-state index contributed by atoms with van der Waals surface area (Å²) in [7, 11) is 1.65. The van der Waals surface area contributed by atoms with E-state index in [4.69, 9.17) is 11.0 Å². The van der Waals surface area contributed by atoms with Crippen LogP contribution in [0.15, 0.2) is 24.3 Å². The van der Waals surface area contributed by atoms with Crippen LogP contribution < -0.4 is 10.6 Å². The zero-order valence-corrected chi connectivity index (χ0v) is 11.1. The molecule has 0 aliphatic rings. The molecule has 96 valence electrons. The molecule has 0 heterocycles. The Morgan fingerprint density at radius 2 is 2.11 bits per heavy atom. The molecule has 1 rings (SSSR count). The number of nitrogens with two attached hydrogens (primary N) is 1. The Hall–Kier alpha value is -1.86. The summed E-state index contributed by atoms with van der Waals surface area (Å²) in [4.78, 5) is 13.7. The molecule has 1 aromatic carbocycles. The summed E-state index contributed by atoms with van der Waals surface area (Å²) in [5.41, 5.74) is 7.00. The molecule has 2 atom stereocenters. The van der Waals surface area contributed by atoms with Gasteiger partial charge in [-0.05, 0) is 18.1 Å². The number of nitrogens with zero attached hydrogens (tertiary/aromatic N) is 2. The molecule has 1 unspecified atom stereocenters. The van der Waals surface area contributed by atoms with Gasteiger partial charge in [0, 0.05) is 7.05 Å². The second-order valence-corrected chi connectivity index (χ2v) is 4.44. The lowest BCUT2D eigenvalue weighted by Gasteiger charge is -2.25. The maximum Gasteiger partial charge on any atom is 0.243 e. The number of carbonyl (C=O) groups is 1. The Morgan fingerprint density at radius 3 is 2.67 bits per heavy atom. The Kier molecular flexibility index (Phi) is 4.87. The van der Waals surface area contributed by atoms with Gasteiger partial charge in [0.25, 0.3) is 0 Å². The van der Waals surface area contributed by atoms with Crippen LogP contribution in [-0.4, -0.2) is 19.0 Å². The second kappa shape index (κ2) is 6.18. The van der Waals surface area contributed by atoms with E-state index in [9.17, 15) is 4.79 Å². The molecule has 0 spiro atoms. The number of nitriles is 1. The molecule has 0 aliphatic carbocycles. The molecule has 4 nitrogen and oxygen atoms in total. The zero-order valence-electron chi connectivity index (χ0n) is 11.1. The highest BCUT2D eigenvalue weighted by Crippen LogP contribution is 2.20. The van der Waals surface area contributed by atoms with Crippen LogP contribution in [0.1, 0.15) is 25.8 Å². The quantitative estimate of drug-likeness (QED) is 0.880. The lowest BCUT2D eigenvalue weighted by atomic mass is 9.98. The summed E-state index contributed by atoms with van der Waals surface area (Å²) >= 11 is 0. The third-order valence-electron chi connectivity index (χ3n) is 3.26. The number of rotatable bonds is 4. The number of likely N-dealkylation sites (N-methyl/N-ethyl adjacent to an activating group) is 1. The van der Waals surface area contributed by atoms with Gasteiger partial charge < -0.3 is 10.6 Å². The lowest BCUT2D eigenvalue weighted by molar-refractivity contribution is -0.120. The van der Waals surface area contributed by atoms with Gasteiger partial charge in [-0.1, -0.05) is 32.4 Å². The van der Waals surface area contributed by atoms with Gasteiger partial charge in [0.2, 0.25) is 5.91 Å². The van der Waals surface area contributed by atoms with Crippen LogP contribution in [0.2, 0.25) is 0 Å². The Balaban J connectivity index is 2.97. The fraction of sp³-hybridized carbons (Fsp3) is 0.429. The Bertz CT molecular complexity index is 464. The van der Waals surface area contributed by atoms with E-state index in [0.717, 1.165) is 6.42 Å². The first-order valence-corrected chi connectivity index (χ1v) is 6.05. The number of carbonyl (C=O) groups excluding carboxylic acids is 1. The second-order valence-electron chi connectivity index (χ2n) is 4.44. The predicted molar refractivity (Wildman–Crippen MR) is 72.0 cm³/mol. The first-order chi connectivity index (χ1) is 8.52. The van der Waals surface area contributed by atoms with E-state index >= 15 is 0 Å². The van der Waals surface area contributed by atoms with Crippen LogP contribution in [0.25, 0.3) is 0 Å². The SMILES string of the molecule is CCC(C)[C@H](N)C(=O)N(C)c1ccccc1C#N. The lowest BCUT2D eigenvalue weighted by Crippen LogP contribution is -2.45. The highest BCUT2D eigenvalue weighted by Gasteiger charge is 2.24. The smallest absolute Gasteiger partial charge is 0.243 e. The Morgan fingerprint density at radius 1 is 1.50 bits per heavy atom. The third-order valence-corrected chi connectivity index (χ3v) is 3.26. The standard InChI is InChI=1S/C14H19N3O/c1-4-10(2)13(16)14(18)17(3)12-8-6-5-7-11(12)9-15/h5-8,10,13H,4,16H2,1-3H3/t10?,13-/m0/s1. The van der Waals surface area contributed by atoms with Gasteiger partial charge in [0.05, 0.1) is 17.3 Å². The van der Waals surface area contributed by atoms with E-state index in [1.165, 1.54) is 4.90 Å². The first kappa shape index (κ1) is 14.2. The van der Waals surface area contributed by atoms with Gasteiger partial charge in [-0.25, -0.2) is 0 Å². The van der Waals surface area contributed by atoms with Gasteiger partial charge in [-0.2, -0.15) is 5.26 Å². The van der Waals surface area contributed by atoms with E-state index in [1.54, 1.807) is 31.3 Å². The topological polar surface area (TPSA) is 70.1 Å². The molecule has 4 heteroatoms. The summed E-state index contributed by atoms with van der Waals surface area (Å²) in [6.45, 7) is 3.95. The number of hydrogen-bond donors (Lipinski definition) is 1. The minimum absolute atomic E-state index is 0.120. The van der Waals surface area contributed by atoms with Crippen molar-refractivity contribution < 1.29 is 4.79 Å². The largest absolute Gasteiger partial charge is 0.320 e. The third kappa shape index (κ3) is 2.88. The van der Waals surface area contributed by atoms with Crippen molar-refractivity contribution >= 4 is 11.6 Å². The summed E-state index contributed by atoms with van der Waals surface area (Å²) in [5.74, 6) is -0.0405. The molecule has 0 aromatic heterocycles. The molecule has 1 amide bonds. The normalized spacial score (nSPS) is 13.5. The average Bonchev–Trinajstić information content (AvgIpc) is 2.43. The zero-order chi connectivity index (χ0) is 13.7. The number of hydrogen-bond acceptors (Lipinski definition) is 3. The minimum Gasteiger partial charge on any atom is -0.320 e. The van der Waals surface area contributed by atoms with Gasteiger partial charge in [-0.15, -0.1) is 0 Å². The molecular weight excluding hydrogens is 226 g/mol. The van der Waals surface area contributed by atoms with Crippen molar-refractivity contribution in [2.45, 2.75) is 26.3 Å². The van der Waals surface area contributed by atoms with Crippen LogP contribution in [0.5, 0.6) is 0 Å². The van der Waals surface area contributed by atoms with Gasteiger partial charge in [0.1, 0.15) is 6.07 Å². The summed E-state index contributed by atoms with van der Waals surface area (Å²) in [6, 6.07) is 8.55. The first-order valence-electron chi connectivity index (χ1n) is 6.05. The molecule has 0 saturated carbocycles. The van der Waals surface area contributed by atoms with Crippen LogP contribution in [-0.2, 0) is 4.79 Å². The van der Waals surface area contributed by atoms with Crippen LogP contribution in [0, 0.1) is 17.2 Å². The number of para-hydroxylation sites is 1. The van der Waals surface area contributed by atoms with Gasteiger partial charge >= 0.3 is 0 Å². The van der Waals surface area contributed by atoms with E-state index in [0.29, 0.717) is 11.3 Å². The van der Waals surface area contributed by atoms with Crippen molar-refractivity contribution in [2.75, 3.05) is 11.9 Å². The molecule has 0 aliphatic heterocycles. The summed E-state index contributed by atoms with van der Waals surface area (Å²) in [5, 5.41) is 9.02. The van der Waals surface area contributed by atoms with Crippen molar-refractivity contribution in [1.29, 1.82) is 5.26 Å². The molecule has 18 heavy (non-hydrogen) atoms. The summed E-state index contributed by atoms with van der Waals surface area (Å²) in [6.07, 6.45) is 0.848. The predicted octanol–water partition coefficient (Wildman–Crippen LogP) is 1.89. The Labute approximate surface area is 108 Å².